The number of halogens is 1. The van der Waals surface area contributed by atoms with Gasteiger partial charge in [-0.05, 0) is 36.1 Å². The topological polar surface area (TPSA) is 40.6 Å². The van der Waals surface area contributed by atoms with Crippen molar-refractivity contribution in [2.24, 2.45) is 0 Å². The number of para-hydroxylation sites is 1. The summed E-state index contributed by atoms with van der Waals surface area (Å²) in [6.07, 6.45) is 2.14. The summed E-state index contributed by atoms with van der Waals surface area (Å²) in [4.78, 5) is 2.32. The van der Waals surface area contributed by atoms with Crippen LogP contribution in [-0.2, 0) is 22.2 Å². The van der Waals surface area contributed by atoms with E-state index in [1.54, 1.807) is 16.4 Å². The number of sulfonamides is 1. The van der Waals surface area contributed by atoms with Crippen LogP contribution in [0.1, 0.15) is 17.5 Å². The van der Waals surface area contributed by atoms with E-state index in [1.807, 2.05) is 24.3 Å². The van der Waals surface area contributed by atoms with E-state index in [0.717, 1.165) is 37.3 Å². The fourth-order valence-corrected chi connectivity index (χ4v) is 5.54. The van der Waals surface area contributed by atoms with E-state index in [9.17, 15) is 8.42 Å². The van der Waals surface area contributed by atoms with Crippen LogP contribution in [0, 0.1) is 0 Å². The molecule has 2 aromatic carbocycles. The van der Waals surface area contributed by atoms with Gasteiger partial charge < -0.3 is 4.90 Å². The summed E-state index contributed by atoms with van der Waals surface area (Å²) >= 11 is 6.16. The summed E-state index contributed by atoms with van der Waals surface area (Å²) in [5.74, 6) is -0.0731. The molecule has 0 spiro atoms. The molecule has 2 aromatic rings. The van der Waals surface area contributed by atoms with Crippen molar-refractivity contribution >= 4 is 33.0 Å². The minimum absolute atomic E-state index is 0.0731. The minimum atomic E-state index is -3.47. The second-order valence-electron chi connectivity index (χ2n) is 6.30. The normalized spacial score (nSPS) is 16.9. The molecular weight excluding hydrogens is 344 g/mol. The summed E-state index contributed by atoms with van der Waals surface area (Å²) in [5, 5.41) is 0.495. The second-order valence-corrected chi connectivity index (χ2v) is 8.60. The van der Waals surface area contributed by atoms with Crippen LogP contribution in [0.3, 0.4) is 0 Å². The smallest absolute Gasteiger partial charge is 0.239 e. The molecule has 0 unspecified atom stereocenters. The first-order valence-corrected chi connectivity index (χ1v) is 10.2. The van der Waals surface area contributed by atoms with E-state index in [1.165, 1.54) is 5.56 Å². The summed E-state index contributed by atoms with van der Waals surface area (Å²) < 4.78 is 27.7. The van der Waals surface area contributed by atoms with Crippen molar-refractivity contribution in [3.63, 3.8) is 0 Å². The molecule has 4 rings (SSSR count). The molecule has 2 heterocycles. The second kappa shape index (κ2) is 5.97. The molecule has 0 radical (unpaired) electrons. The molecule has 0 atom stereocenters. The highest BCUT2D eigenvalue weighted by Crippen LogP contribution is 2.41. The summed E-state index contributed by atoms with van der Waals surface area (Å²) in [7, 11) is -3.47. The molecule has 0 saturated heterocycles. The molecule has 0 saturated carbocycles. The lowest BCUT2D eigenvalue weighted by molar-refractivity contribution is 0.585. The Labute approximate surface area is 147 Å². The zero-order valence-corrected chi connectivity index (χ0v) is 14.9. The first kappa shape index (κ1) is 15.8. The van der Waals surface area contributed by atoms with Crippen LogP contribution in [-0.4, -0.2) is 28.1 Å². The third-order valence-corrected chi connectivity index (χ3v) is 6.86. The first-order chi connectivity index (χ1) is 11.6. The van der Waals surface area contributed by atoms with Crippen LogP contribution in [0.5, 0.6) is 0 Å². The Kier molecular flexibility index (Phi) is 3.93. The van der Waals surface area contributed by atoms with Gasteiger partial charge in [0.25, 0.3) is 0 Å². The molecule has 0 amide bonds. The lowest BCUT2D eigenvalue weighted by Crippen LogP contribution is -2.46. The summed E-state index contributed by atoms with van der Waals surface area (Å²) in [6.45, 7) is 2.23. The van der Waals surface area contributed by atoms with E-state index in [2.05, 4.69) is 11.0 Å². The first-order valence-electron chi connectivity index (χ1n) is 8.17. The van der Waals surface area contributed by atoms with Crippen molar-refractivity contribution in [2.75, 3.05) is 28.8 Å². The van der Waals surface area contributed by atoms with Crippen LogP contribution in [0.25, 0.3) is 0 Å². The zero-order chi connectivity index (χ0) is 16.7. The average Bonchev–Trinajstić information content (AvgIpc) is 2.57. The van der Waals surface area contributed by atoms with Crippen molar-refractivity contribution in [3.05, 3.63) is 58.6 Å². The maximum Gasteiger partial charge on any atom is 0.239 e. The van der Waals surface area contributed by atoms with Crippen molar-refractivity contribution < 1.29 is 8.42 Å². The molecule has 0 aromatic heterocycles. The fraction of sp³-hybridized carbons (Fsp3) is 0.333. The van der Waals surface area contributed by atoms with Crippen LogP contribution < -0.4 is 9.21 Å². The zero-order valence-electron chi connectivity index (χ0n) is 13.3. The summed E-state index contributed by atoms with van der Waals surface area (Å²) in [6, 6.07) is 13.1. The van der Waals surface area contributed by atoms with Gasteiger partial charge in [0.15, 0.2) is 0 Å². The van der Waals surface area contributed by atoms with Crippen LogP contribution >= 0.6 is 11.6 Å². The molecule has 126 valence electrons. The van der Waals surface area contributed by atoms with Gasteiger partial charge in [0.1, 0.15) is 0 Å². The van der Waals surface area contributed by atoms with Crippen molar-refractivity contribution in [1.29, 1.82) is 0 Å². The fourth-order valence-electron chi connectivity index (χ4n) is 3.65. The molecule has 2 aliphatic rings. The number of rotatable bonds is 3. The summed E-state index contributed by atoms with van der Waals surface area (Å²) in [5.41, 5.74) is 3.80. The predicted octanol–water partition coefficient (Wildman–Crippen LogP) is 3.44. The Bertz CT molecular complexity index is 882. The van der Waals surface area contributed by atoms with Gasteiger partial charge in [0.2, 0.25) is 10.0 Å². The van der Waals surface area contributed by atoms with Gasteiger partial charge in [-0.25, -0.2) is 8.42 Å². The highest BCUT2D eigenvalue weighted by molar-refractivity contribution is 7.92. The maximum absolute atomic E-state index is 13.0. The van der Waals surface area contributed by atoms with Gasteiger partial charge in [0.05, 0.1) is 23.7 Å². The minimum Gasteiger partial charge on any atom is -0.368 e. The molecule has 4 nitrogen and oxygen atoms in total. The average molecular weight is 363 g/mol. The predicted molar refractivity (Wildman–Crippen MR) is 98.4 cm³/mol. The molecular formula is C18H19ClN2O2S. The Morgan fingerprint density at radius 3 is 2.67 bits per heavy atom. The molecule has 0 fully saturated rings. The van der Waals surface area contributed by atoms with Gasteiger partial charge >= 0.3 is 0 Å². The van der Waals surface area contributed by atoms with E-state index in [-0.39, 0.29) is 5.75 Å². The Morgan fingerprint density at radius 1 is 1.00 bits per heavy atom. The van der Waals surface area contributed by atoms with Crippen LogP contribution in [0.15, 0.2) is 42.5 Å². The number of anilines is 2. The van der Waals surface area contributed by atoms with Gasteiger partial charge in [0, 0.05) is 18.1 Å². The van der Waals surface area contributed by atoms with Gasteiger partial charge in [-0.15, -0.1) is 0 Å². The third-order valence-electron chi connectivity index (χ3n) is 4.76. The highest BCUT2D eigenvalue weighted by atomic mass is 35.5. The lowest BCUT2D eigenvalue weighted by atomic mass is 9.99. The number of hydrogen-bond acceptors (Lipinski definition) is 3. The van der Waals surface area contributed by atoms with Crippen molar-refractivity contribution in [3.8, 4) is 0 Å². The molecule has 0 bridgehead atoms. The highest BCUT2D eigenvalue weighted by Gasteiger charge is 2.33. The van der Waals surface area contributed by atoms with Gasteiger partial charge in [-0.1, -0.05) is 41.9 Å². The van der Waals surface area contributed by atoms with E-state index in [0.29, 0.717) is 17.1 Å². The molecule has 6 heteroatoms. The molecule has 0 N–H and O–H groups in total. The third kappa shape index (κ3) is 2.66. The van der Waals surface area contributed by atoms with Crippen LogP contribution in [0.2, 0.25) is 5.02 Å². The van der Waals surface area contributed by atoms with E-state index in [4.69, 9.17) is 11.6 Å². The van der Waals surface area contributed by atoms with Gasteiger partial charge in [-0.2, -0.15) is 0 Å². The standard InChI is InChI=1S/C18H19ClN2O2S/c19-16-8-2-1-5-15(16)13-24(22,23)21-12-11-20-10-4-7-14-6-3-9-17(21)18(14)20/h1-3,5-6,8-9H,4,7,10-13H2. The number of hydrogen-bond donors (Lipinski definition) is 0. The Balaban J connectivity index is 1.73. The van der Waals surface area contributed by atoms with E-state index >= 15 is 0 Å². The number of nitrogens with zero attached hydrogens (tertiary/aromatic N) is 2. The SMILES string of the molecule is O=S(=O)(Cc1ccccc1Cl)N1CCN2CCCc3cccc1c32. The Hall–Kier alpha value is -1.72. The van der Waals surface area contributed by atoms with Crippen molar-refractivity contribution in [1.82, 2.24) is 0 Å². The quantitative estimate of drug-likeness (QED) is 0.839. The van der Waals surface area contributed by atoms with Gasteiger partial charge in [-0.3, -0.25) is 4.31 Å². The monoisotopic (exact) mass is 362 g/mol. The molecule has 0 aliphatic carbocycles. The number of aryl methyl sites for hydroxylation is 1. The van der Waals surface area contributed by atoms with Crippen LogP contribution in [0.4, 0.5) is 11.4 Å². The molecule has 2 aliphatic heterocycles. The van der Waals surface area contributed by atoms with Crippen molar-refractivity contribution in [2.45, 2.75) is 18.6 Å². The Morgan fingerprint density at radius 2 is 1.83 bits per heavy atom. The lowest BCUT2D eigenvalue weighted by Gasteiger charge is -2.41. The largest absolute Gasteiger partial charge is 0.368 e. The number of benzene rings is 2. The maximum atomic E-state index is 13.0. The van der Waals surface area contributed by atoms with E-state index < -0.39 is 10.0 Å². The molecule has 24 heavy (non-hydrogen) atoms.